The van der Waals surface area contributed by atoms with Crippen molar-refractivity contribution in [3.05, 3.63) is 205 Å². The van der Waals surface area contributed by atoms with Crippen molar-refractivity contribution >= 4 is 90.9 Å². The molecule has 6 aromatic heterocycles. The number of nitrogens with one attached hydrogen (secondary N) is 1. The molecule has 10 aromatic rings. The second kappa shape index (κ2) is 21.9. The first kappa shape index (κ1) is 50.1. The number of benzene rings is 4. The topological polar surface area (TPSA) is 107 Å². The van der Waals surface area contributed by atoms with Crippen LogP contribution in [-0.2, 0) is 44.5 Å². The largest absolute Gasteiger partial charge is 0.573 e. The van der Waals surface area contributed by atoms with Gasteiger partial charge in [-0.25, -0.2) is 0 Å². The van der Waals surface area contributed by atoms with Crippen LogP contribution < -0.4 is 46.6 Å². The zero-order valence-corrected chi connectivity index (χ0v) is 45.1. The summed E-state index contributed by atoms with van der Waals surface area (Å²) in [5, 5.41) is 27.7. The van der Waals surface area contributed by atoms with E-state index in [1.54, 1.807) is 18.8 Å². The summed E-state index contributed by atoms with van der Waals surface area (Å²) in [6, 6.07) is 53.0. The van der Waals surface area contributed by atoms with Gasteiger partial charge in [-0.1, -0.05) is 127 Å². The molecule has 353 valence electrons. The molecule has 14 rings (SSSR count). The molecular formula is C58H47B3ClN8PtSi2. The van der Waals surface area contributed by atoms with E-state index in [2.05, 4.69) is 226 Å². The second-order valence-electron chi connectivity index (χ2n) is 18.4. The maximum atomic E-state index is 5.02. The maximum Gasteiger partial charge on any atom is 0.183 e. The van der Waals surface area contributed by atoms with E-state index >= 15 is 0 Å². The first-order valence-corrected chi connectivity index (χ1v) is 31.2. The van der Waals surface area contributed by atoms with Crippen molar-refractivity contribution in [3.8, 4) is 45.0 Å². The summed E-state index contributed by atoms with van der Waals surface area (Å²) in [5.41, 5.74) is 14.3. The molecule has 0 atom stereocenters. The summed E-state index contributed by atoms with van der Waals surface area (Å²) in [6.07, 6.45) is 21.2. The Labute approximate surface area is 448 Å². The van der Waals surface area contributed by atoms with Crippen molar-refractivity contribution < 1.29 is 18.8 Å². The van der Waals surface area contributed by atoms with Gasteiger partial charge in [0.25, 0.3) is 0 Å². The Morgan fingerprint density at radius 3 is 1.38 bits per heavy atom. The minimum atomic E-state index is -2.52. The van der Waals surface area contributed by atoms with Gasteiger partial charge in [0, 0.05) is 83.7 Å². The summed E-state index contributed by atoms with van der Waals surface area (Å²) >= 11 is 1.61. The van der Waals surface area contributed by atoms with Gasteiger partial charge in [0.05, 0.1) is 5.69 Å². The molecule has 0 amide bonds. The van der Waals surface area contributed by atoms with Gasteiger partial charge in [-0.15, -0.1) is 0 Å². The van der Waals surface area contributed by atoms with E-state index in [9.17, 15) is 0 Å². The number of rotatable bonds is 6. The molecule has 1 N–H and O–H groups in total. The number of hydrogen-bond acceptors (Lipinski definition) is 6. The number of aryl methyl sites for hydroxylation is 2. The molecule has 8 heterocycles. The Bertz CT molecular complexity index is 3180. The van der Waals surface area contributed by atoms with Gasteiger partial charge in [-0.05, 0) is 145 Å². The summed E-state index contributed by atoms with van der Waals surface area (Å²) in [5.74, 6) is 0. The minimum Gasteiger partial charge on any atom is -0.573 e. The maximum absolute atomic E-state index is 5.02. The number of aromatic nitrogens is 8. The molecule has 0 unspecified atom stereocenters. The van der Waals surface area contributed by atoms with E-state index < -0.39 is 16.1 Å². The van der Waals surface area contributed by atoms with Gasteiger partial charge in [-0.2, -0.15) is 5.10 Å². The number of halogens is 1. The smallest absolute Gasteiger partial charge is 0.183 e. The van der Waals surface area contributed by atoms with Gasteiger partial charge < -0.3 is 10.2 Å². The van der Waals surface area contributed by atoms with Gasteiger partial charge >= 0.3 is 28.2 Å². The molecule has 7 radical (unpaired) electrons. The second-order valence-corrected chi connectivity index (χ2v) is 25.9. The Kier molecular flexibility index (Phi) is 15.0. The molecule has 4 aromatic carbocycles. The van der Waals surface area contributed by atoms with Crippen LogP contribution >= 0.6 is 9.42 Å². The molecule has 2 aliphatic heterocycles. The molecule has 8 nitrogen and oxygen atoms in total. The Balaban J connectivity index is 0.000000155. The van der Waals surface area contributed by atoms with Crippen LogP contribution in [-0.4, -0.2) is 75.3 Å². The fourth-order valence-corrected chi connectivity index (χ4v) is 22.1. The van der Waals surface area contributed by atoms with Crippen LogP contribution in [0, 0.1) is 0 Å². The van der Waals surface area contributed by atoms with Crippen molar-refractivity contribution in [2.24, 2.45) is 0 Å². The van der Waals surface area contributed by atoms with Crippen LogP contribution in [0.25, 0.3) is 45.0 Å². The molecule has 0 saturated heterocycles. The third-order valence-corrected chi connectivity index (χ3v) is 24.6. The standard InChI is InChI=1S/C29H24N4Si.C29H23N4Si.B2.B.ClH.Pt/c2*1-4-12-25-24(11-1)29(33-32-25)26-16-15-21(19-31-26)34(20-8-7-17-30-18-20)27-13-5-2-9-22(27)23-10-3-6-14-28(23)34;1-2;;;/h2-3,5-10,13-19H,1,4,11-12H2,(H,32,33);2-3,5-10,13-19H,1,4,11-12H2;;;1H;/q;-1;;;;+2/p-1. The van der Waals surface area contributed by atoms with Crippen LogP contribution in [0.4, 0.5) is 0 Å². The zero-order chi connectivity index (χ0) is 49.1. The average Bonchev–Trinajstić information content (AvgIpc) is 4.25. The van der Waals surface area contributed by atoms with Crippen LogP contribution in [0.1, 0.15) is 48.2 Å². The van der Waals surface area contributed by atoms with Crippen molar-refractivity contribution in [2.75, 3.05) is 0 Å². The van der Waals surface area contributed by atoms with Crippen LogP contribution in [0.5, 0.6) is 0 Å². The summed E-state index contributed by atoms with van der Waals surface area (Å²) in [6.45, 7) is 0. The predicted molar refractivity (Wildman–Crippen MR) is 300 cm³/mol. The monoisotopic (exact) mass is 1170 g/mol. The van der Waals surface area contributed by atoms with Crippen molar-refractivity contribution in [2.45, 2.75) is 51.4 Å². The van der Waals surface area contributed by atoms with Crippen LogP contribution in [0.3, 0.4) is 0 Å². The van der Waals surface area contributed by atoms with Crippen molar-refractivity contribution in [3.63, 3.8) is 0 Å². The number of H-pyrrole nitrogens is 1. The zero-order valence-electron chi connectivity index (χ0n) is 40.0. The Hall–Kier alpha value is -6.49. The third kappa shape index (κ3) is 8.38. The summed E-state index contributed by atoms with van der Waals surface area (Å²) in [4.78, 5) is 19.1. The van der Waals surface area contributed by atoms with E-state index in [1.807, 2.05) is 12.4 Å². The van der Waals surface area contributed by atoms with Crippen molar-refractivity contribution in [1.82, 2.24) is 40.3 Å². The molecule has 4 aliphatic rings. The fourth-order valence-electron chi connectivity index (χ4n) is 12.1. The van der Waals surface area contributed by atoms with E-state index in [0.29, 0.717) is 0 Å². The molecule has 0 saturated carbocycles. The molecule has 15 heteroatoms. The molecule has 2 aliphatic carbocycles. The van der Waals surface area contributed by atoms with E-state index in [4.69, 9.17) is 9.97 Å². The van der Waals surface area contributed by atoms with E-state index in [0.717, 1.165) is 54.2 Å². The Morgan fingerprint density at radius 2 is 0.918 bits per heavy atom. The number of fused-ring (bicyclic) bond motifs is 8. The number of aromatic amines is 1. The normalized spacial score (nSPS) is 14.5. The predicted octanol–water partition coefficient (Wildman–Crippen LogP) is 5.38. The Morgan fingerprint density at radius 1 is 0.479 bits per heavy atom. The minimum absolute atomic E-state index is 0. The van der Waals surface area contributed by atoms with Crippen molar-refractivity contribution in [1.29, 1.82) is 0 Å². The molecule has 0 bridgehead atoms. The van der Waals surface area contributed by atoms with Gasteiger partial charge in [-0.3, -0.25) is 25.0 Å². The molecule has 0 fully saturated rings. The SMILES string of the molecule is [B].[B][B].[Cl][Pt+].c1cncc([Si]2(c3ccc(-c4[n-]nc5c4CCCC5)nc3)c3ccccc3-c3ccccc32)c1.c1cncc([Si]2(c3ccc(-c4n[nH]c5c4CCCC5)nc3)c3ccccc3-c3ccccc32)c1. The first-order chi connectivity index (χ1) is 35.7. The van der Waals surface area contributed by atoms with Crippen LogP contribution in [0.15, 0.2) is 183 Å². The summed E-state index contributed by atoms with van der Waals surface area (Å²) < 4.78 is 0. The number of hydrogen-bond donors (Lipinski definition) is 1. The average molecular weight is 1180 g/mol. The molecule has 73 heavy (non-hydrogen) atoms. The number of nitrogens with zero attached hydrogens (tertiary/aromatic N) is 7. The van der Waals surface area contributed by atoms with E-state index in [-0.39, 0.29) is 8.41 Å². The van der Waals surface area contributed by atoms with Gasteiger partial charge in [0.1, 0.15) is 5.69 Å². The van der Waals surface area contributed by atoms with Gasteiger partial charge in [0.2, 0.25) is 0 Å². The van der Waals surface area contributed by atoms with E-state index in [1.165, 1.54) is 106 Å². The van der Waals surface area contributed by atoms with Crippen LogP contribution in [0.2, 0.25) is 0 Å². The van der Waals surface area contributed by atoms with Gasteiger partial charge in [0.15, 0.2) is 16.1 Å². The summed E-state index contributed by atoms with van der Waals surface area (Å²) in [7, 11) is 7.57. The molecular weight excluding hydrogens is 1130 g/mol. The molecule has 0 spiro atoms. The fraction of sp³-hybridized carbons (Fsp3) is 0.138. The quantitative estimate of drug-likeness (QED) is 0.223. The number of pyridine rings is 4. The third-order valence-electron chi connectivity index (χ3n) is 15.0. The first-order valence-electron chi connectivity index (χ1n) is 24.4.